The van der Waals surface area contributed by atoms with Crippen LogP contribution in [0.2, 0.25) is 0 Å². The van der Waals surface area contributed by atoms with Crippen LogP contribution in [0.25, 0.3) is 6.08 Å². The number of amides is 1. The molecule has 1 aromatic rings. The summed E-state index contributed by atoms with van der Waals surface area (Å²) in [5.41, 5.74) is 0. The van der Waals surface area contributed by atoms with Crippen LogP contribution in [0.1, 0.15) is 22.6 Å². The van der Waals surface area contributed by atoms with E-state index in [1.165, 1.54) is 4.88 Å². The van der Waals surface area contributed by atoms with Gasteiger partial charge in [0.2, 0.25) is 5.91 Å². The zero-order chi connectivity index (χ0) is 12.3. The topological polar surface area (TPSA) is 40.5 Å². The molecule has 0 aromatic carbocycles. The number of β-amino-alcohol motifs (C(OH)–C–C–N with tert-alkyl or cyclic N) is 1. The van der Waals surface area contributed by atoms with Gasteiger partial charge in [-0.3, -0.25) is 4.79 Å². The maximum absolute atomic E-state index is 11.9. The van der Waals surface area contributed by atoms with Gasteiger partial charge in [0.15, 0.2) is 0 Å². The Bertz CT molecular complexity index is 425. The van der Waals surface area contributed by atoms with Gasteiger partial charge in [-0.15, -0.1) is 11.3 Å². The number of thiophene rings is 1. The first kappa shape index (κ1) is 12.3. The molecule has 17 heavy (non-hydrogen) atoms. The third kappa shape index (κ3) is 3.41. The van der Waals surface area contributed by atoms with E-state index in [0.29, 0.717) is 6.54 Å². The molecule has 1 N–H and O–H groups in total. The molecule has 1 amide bonds. The Labute approximate surface area is 105 Å². The van der Waals surface area contributed by atoms with E-state index < -0.39 is 0 Å². The maximum Gasteiger partial charge on any atom is 0.246 e. The van der Waals surface area contributed by atoms with Gasteiger partial charge in [0.25, 0.3) is 0 Å². The number of carbonyl (C=O) groups excluding carboxylic acids is 1. The van der Waals surface area contributed by atoms with Crippen LogP contribution in [-0.2, 0) is 4.79 Å². The molecule has 0 spiro atoms. The Morgan fingerprint density at radius 3 is 3.06 bits per heavy atom. The SMILES string of the molecule is Cc1ccc(/C=C/C(=O)N2CCCC(O)C2)s1. The van der Waals surface area contributed by atoms with Crippen LogP contribution >= 0.6 is 11.3 Å². The summed E-state index contributed by atoms with van der Waals surface area (Å²) in [6, 6.07) is 4.05. The minimum Gasteiger partial charge on any atom is -0.391 e. The highest BCUT2D eigenvalue weighted by molar-refractivity contribution is 7.12. The van der Waals surface area contributed by atoms with E-state index in [1.807, 2.05) is 25.1 Å². The maximum atomic E-state index is 11.9. The summed E-state index contributed by atoms with van der Waals surface area (Å²) in [6.45, 7) is 3.27. The average Bonchev–Trinajstić information content (AvgIpc) is 2.72. The molecule has 0 bridgehead atoms. The van der Waals surface area contributed by atoms with Crippen molar-refractivity contribution in [3.05, 3.63) is 28.0 Å². The third-order valence-electron chi connectivity index (χ3n) is 2.86. The second kappa shape index (κ2) is 5.47. The van der Waals surface area contributed by atoms with Crippen molar-refractivity contribution in [2.75, 3.05) is 13.1 Å². The van der Waals surface area contributed by atoms with Crippen LogP contribution in [0.15, 0.2) is 18.2 Å². The molecule has 0 radical (unpaired) electrons. The minimum atomic E-state index is -0.356. The number of hydrogen-bond donors (Lipinski definition) is 1. The molecule has 92 valence electrons. The highest BCUT2D eigenvalue weighted by atomic mass is 32.1. The first-order chi connectivity index (χ1) is 8.15. The minimum absolute atomic E-state index is 0.00481. The van der Waals surface area contributed by atoms with Crippen LogP contribution in [0.4, 0.5) is 0 Å². The second-order valence-corrected chi connectivity index (χ2v) is 5.68. The number of aryl methyl sites for hydroxylation is 1. The summed E-state index contributed by atoms with van der Waals surface area (Å²) in [5, 5.41) is 9.50. The normalized spacial score (nSPS) is 21.1. The molecule has 1 aromatic heterocycles. The van der Waals surface area contributed by atoms with E-state index in [9.17, 15) is 9.90 Å². The zero-order valence-electron chi connectivity index (χ0n) is 9.93. The quantitative estimate of drug-likeness (QED) is 0.817. The molecule has 3 nitrogen and oxygen atoms in total. The molecule has 0 aliphatic carbocycles. The monoisotopic (exact) mass is 251 g/mol. The third-order valence-corrected chi connectivity index (χ3v) is 3.83. The summed E-state index contributed by atoms with van der Waals surface area (Å²) in [6.07, 6.45) is 4.78. The van der Waals surface area contributed by atoms with Gasteiger partial charge < -0.3 is 10.0 Å². The van der Waals surface area contributed by atoms with Crippen LogP contribution in [0.5, 0.6) is 0 Å². The Hall–Kier alpha value is -1.13. The lowest BCUT2D eigenvalue weighted by Gasteiger charge is -2.29. The van der Waals surface area contributed by atoms with Crippen molar-refractivity contribution in [2.24, 2.45) is 0 Å². The fraction of sp³-hybridized carbons (Fsp3) is 0.462. The van der Waals surface area contributed by atoms with Crippen molar-refractivity contribution in [1.82, 2.24) is 4.90 Å². The van der Waals surface area contributed by atoms with Crippen LogP contribution < -0.4 is 0 Å². The molecule has 0 saturated carbocycles. The Balaban J connectivity index is 1.94. The second-order valence-electron chi connectivity index (χ2n) is 4.36. The molecule has 2 rings (SSSR count). The number of rotatable bonds is 2. The number of hydrogen-bond acceptors (Lipinski definition) is 3. The van der Waals surface area contributed by atoms with Gasteiger partial charge in [0.1, 0.15) is 0 Å². The number of likely N-dealkylation sites (tertiary alicyclic amines) is 1. The van der Waals surface area contributed by atoms with Crippen molar-refractivity contribution in [3.63, 3.8) is 0 Å². The molecule has 1 saturated heterocycles. The van der Waals surface area contributed by atoms with E-state index >= 15 is 0 Å². The standard InChI is InChI=1S/C13H17NO2S/c1-10-4-5-12(17-10)6-7-13(16)14-8-2-3-11(15)9-14/h4-7,11,15H,2-3,8-9H2,1H3/b7-6+. The predicted molar refractivity (Wildman–Crippen MR) is 69.9 cm³/mol. The van der Waals surface area contributed by atoms with Crippen LogP contribution in [0.3, 0.4) is 0 Å². The van der Waals surface area contributed by atoms with E-state index in [4.69, 9.17) is 0 Å². The molecule has 1 aliphatic rings. The lowest BCUT2D eigenvalue weighted by molar-refractivity contribution is -0.128. The molecule has 1 unspecified atom stereocenters. The summed E-state index contributed by atoms with van der Waals surface area (Å²) in [5.74, 6) is -0.00481. The lowest BCUT2D eigenvalue weighted by Crippen LogP contribution is -2.41. The molecular formula is C13H17NO2S. The van der Waals surface area contributed by atoms with Crippen molar-refractivity contribution < 1.29 is 9.90 Å². The first-order valence-electron chi connectivity index (χ1n) is 5.86. The molecule has 2 heterocycles. The first-order valence-corrected chi connectivity index (χ1v) is 6.68. The predicted octanol–water partition coefficient (Wildman–Crippen LogP) is 2.05. The molecule has 1 atom stereocenters. The van der Waals surface area contributed by atoms with E-state index in [-0.39, 0.29) is 12.0 Å². The van der Waals surface area contributed by atoms with E-state index in [2.05, 4.69) is 0 Å². The summed E-state index contributed by atoms with van der Waals surface area (Å²) >= 11 is 1.67. The van der Waals surface area contributed by atoms with Gasteiger partial charge in [0, 0.05) is 28.9 Å². The number of carbonyl (C=O) groups is 1. The number of nitrogens with zero attached hydrogens (tertiary/aromatic N) is 1. The highest BCUT2D eigenvalue weighted by Crippen LogP contribution is 2.17. The van der Waals surface area contributed by atoms with Gasteiger partial charge in [-0.2, -0.15) is 0 Å². The Kier molecular flexibility index (Phi) is 3.97. The smallest absolute Gasteiger partial charge is 0.246 e. The zero-order valence-corrected chi connectivity index (χ0v) is 10.7. The highest BCUT2D eigenvalue weighted by Gasteiger charge is 2.20. The van der Waals surface area contributed by atoms with E-state index in [1.54, 1.807) is 22.3 Å². The van der Waals surface area contributed by atoms with Crippen molar-refractivity contribution in [3.8, 4) is 0 Å². The van der Waals surface area contributed by atoms with Gasteiger partial charge in [-0.05, 0) is 38.0 Å². The molecular weight excluding hydrogens is 234 g/mol. The fourth-order valence-corrected chi connectivity index (χ4v) is 2.74. The molecule has 4 heteroatoms. The van der Waals surface area contributed by atoms with Crippen molar-refractivity contribution in [1.29, 1.82) is 0 Å². The van der Waals surface area contributed by atoms with Gasteiger partial charge >= 0.3 is 0 Å². The average molecular weight is 251 g/mol. The van der Waals surface area contributed by atoms with E-state index in [0.717, 1.165) is 24.3 Å². The van der Waals surface area contributed by atoms with Crippen LogP contribution in [-0.4, -0.2) is 35.1 Å². The van der Waals surface area contributed by atoms with Gasteiger partial charge in [0.05, 0.1) is 6.10 Å². The summed E-state index contributed by atoms with van der Waals surface area (Å²) in [7, 11) is 0. The van der Waals surface area contributed by atoms with Crippen molar-refractivity contribution >= 4 is 23.3 Å². The van der Waals surface area contributed by atoms with Gasteiger partial charge in [-0.1, -0.05) is 0 Å². The number of aliphatic hydroxyl groups excluding tert-OH is 1. The lowest BCUT2D eigenvalue weighted by atomic mass is 10.1. The number of piperidine rings is 1. The largest absolute Gasteiger partial charge is 0.391 e. The molecule has 1 fully saturated rings. The summed E-state index contributed by atoms with van der Waals surface area (Å²) in [4.78, 5) is 15.9. The number of aliphatic hydroxyl groups is 1. The fourth-order valence-electron chi connectivity index (χ4n) is 1.96. The van der Waals surface area contributed by atoms with Crippen LogP contribution in [0, 0.1) is 6.92 Å². The van der Waals surface area contributed by atoms with Gasteiger partial charge in [-0.25, -0.2) is 0 Å². The Morgan fingerprint density at radius 2 is 2.41 bits per heavy atom. The molecule has 1 aliphatic heterocycles. The summed E-state index contributed by atoms with van der Waals surface area (Å²) < 4.78 is 0. The Morgan fingerprint density at radius 1 is 1.59 bits per heavy atom. The van der Waals surface area contributed by atoms with Crippen molar-refractivity contribution in [2.45, 2.75) is 25.9 Å².